The summed E-state index contributed by atoms with van der Waals surface area (Å²) >= 11 is 0. The largest absolute Gasteiger partial charge is 0.433 e. The van der Waals surface area contributed by atoms with Gasteiger partial charge in [0.2, 0.25) is 0 Å². The van der Waals surface area contributed by atoms with Gasteiger partial charge in [-0.3, -0.25) is 0 Å². The molecule has 1 N–H and O–H groups in total. The Morgan fingerprint density at radius 1 is 1.20 bits per heavy atom. The minimum atomic E-state index is -3.03. The first-order valence-corrected chi connectivity index (χ1v) is 5.29. The number of nitrogens with one attached hydrogen (secondary N) is 1. The van der Waals surface area contributed by atoms with E-state index in [1.807, 2.05) is 0 Å². The van der Waals surface area contributed by atoms with Crippen molar-refractivity contribution in [1.82, 2.24) is 0 Å². The fraction of sp³-hybridized carbons (Fsp3) is 0.154. The number of halogens is 2. The second-order valence-electron chi connectivity index (χ2n) is 3.59. The number of rotatable bonds is 4. The SMILES string of the molecule is Cc1ccc(NC(C#N)=C(C#N)C#N)c(OC(F)F)c1. The van der Waals surface area contributed by atoms with E-state index in [1.165, 1.54) is 24.3 Å². The second-order valence-corrected chi connectivity index (χ2v) is 3.59. The third-order valence-electron chi connectivity index (χ3n) is 2.20. The molecule has 100 valence electrons. The number of allylic oxidation sites excluding steroid dienone is 2. The number of nitriles is 3. The van der Waals surface area contributed by atoms with Crippen molar-refractivity contribution in [2.45, 2.75) is 13.5 Å². The molecule has 7 heteroatoms. The fourth-order valence-corrected chi connectivity index (χ4v) is 1.34. The van der Waals surface area contributed by atoms with Crippen molar-refractivity contribution in [3.05, 3.63) is 35.0 Å². The fourth-order valence-electron chi connectivity index (χ4n) is 1.34. The lowest BCUT2D eigenvalue weighted by molar-refractivity contribution is -0.0493. The van der Waals surface area contributed by atoms with E-state index >= 15 is 0 Å². The van der Waals surface area contributed by atoms with Gasteiger partial charge in [-0.2, -0.15) is 24.6 Å². The van der Waals surface area contributed by atoms with Gasteiger partial charge in [0.15, 0.2) is 5.57 Å². The molecule has 0 spiro atoms. The van der Waals surface area contributed by atoms with Gasteiger partial charge in [-0.05, 0) is 24.6 Å². The van der Waals surface area contributed by atoms with Crippen molar-refractivity contribution in [1.29, 1.82) is 15.8 Å². The molecular weight excluding hydrogens is 266 g/mol. The van der Waals surface area contributed by atoms with Gasteiger partial charge in [0.05, 0.1) is 5.69 Å². The van der Waals surface area contributed by atoms with Gasteiger partial charge in [0.1, 0.15) is 29.7 Å². The van der Waals surface area contributed by atoms with Crippen LogP contribution in [0.5, 0.6) is 5.75 Å². The monoisotopic (exact) mass is 274 g/mol. The zero-order chi connectivity index (χ0) is 15.1. The highest BCUT2D eigenvalue weighted by atomic mass is 19.3. The summed E-state index contributed by atoms with van der Waals surface area (Å²) in [6, 6.07) is 9.07. The summed E-state index contributed by atoms with van der Waals surface area (Å²) in [7, 11) is 0. The quantitative estimate of drug-likeness (QED) is 0.852. The van der Waals surface area contributed by atoms with Gasteiger partial charge in [-0.1, -0.05) is 6.07 Å². The molecule has 1 aromatic carbocycles. The molecule has 1 rings (SSSR count). The van der Waals surface area contributed by atoms with Crippen molar-refractivity contribution < 1.29 is 13.5 Å². The van der Waals surface area contributed by atoms with E-state index in [0.717, 1.165) is 0 Å². The van der Waals surface area contributed by atoms with Crippen LogP contribution in [-0.2, 0) is 0 Å². The minimum absolute atomic E-state index is 0.0652. The van der Waals surface area contributed by atoms with E-state index in [1.54, 1.807) is 19.1 Å². The van der Waals surface area contributed by atoms with E-state index in [2.05, 4.69) is 10.1 Å². The zero-order valence-corrected chi connectivity index (χ0v) is 10.3. The summed E-state index contributed by atoms with van der Waals surface area (Å²) in [5, 5.41) is 28.7. The average molecular weight is 274 g/mol. The maximum Gasteiger partial charge on any atom is 0.387 e. The third-order valence-corrected chi connectivity index (χ3v) is 2.20. The molecule has 0 unspecified atom stereocenters. The molecule has 0 aliphatic heterocycles. The van der Waals surface area contributed by atoms with Crippen LogP contribution in [0.15, 0.2) is 29.5 Å². The van der Waals surface area contributed by atoms with E-state index < -0.39 is 12.2 Å². The predicted octanol–water partition coefficient (Wildman–Crippen LogP) is 2.83. The Hall–Kier alpha value is -3.11. The number of alkyl halides is 2. The van der Waals surface area contributed by atoms with Gasteiger partial charge in [-0.15, -0.1) is 0 Å². The lowest BCUT2D eigenvalue weighted by Crippen LogP contribution is -2.07. The molecule has 0 bridgehead atoms. The van der Waals surface area contributed by atoms with Crippen LogP contribution in [0.4, 0.5) is 14.5 Å². The molecule has 0 atom stereocenters. The predicted molar refractivity (Wildman–Crippen MR) is 65.3 cm³/mol. The van der Waals surface area contributed by atoms with Crippen molar-refractivity contribution in [3.63, 3.8) is 0 Å². The van der Waals surface area contributed by atoms with Crippen LogP contribution in [0.1, 0.15) is 5.56 Å². The summed E-state index contributed by atoms with van der Waals surface area (Å²) in [6.07, 6.45) is 0. The first-order valence-electron chi connectivity index (χ1n) is 5.29. The van der Waals surface area contributed by atoms with Crippen LogP contribution in [-0.4, -0.2) is 6.61 Å². The first kappa shape index (κ1) is 14.9. The van der Waals surface area contributed by atoms with E-state index in [-0.39, 0.29) is 17.1 Å². The van der Waals surface area contributed by atoms with Crippen molar-refractivity contribution in [2.75, 3.05) is 5.32 Å². The Morgan fingerprint density at radius 2 is 1.85 bits per heavy atom. The van der Waals surface area contributed by atoms with E-state index in [0.29, 0.717) is 5.56 Å². The van der Waals surface area contributed by atoms with Gasteiger partial charge in [0.25, 0.3) is 0 Å². The Labute approximate surface area is 113 Å². The lowest BCUT2D eigenvalue weighted by atomic mass is 10.2. The van der Waals surface area contributed by atoms with Gasteiger partial charge in [-0.25, -0.2) is 0 Å². The van der Waals surface area contributed by atoms with Crippen LogP contribution in [0.25, 0.3) is 0 Å². The standard InChI is InChI=1S/C13H8F2N4O/c1-8-2-3-10(12(4-8)20-13(14)15)19-11(7-18)9(5-16)6-17/h2-4,13,19H,1H3. The Morgan fingerprint density at radius 3 is 2.35 bits per heavy atom. The first-order chi connectivity index (χ1) is 9.51. The minimum Gasteiger partial charge on any atom is -0.433 e. The van der Waals surface area contributed by atoms with Gasteiger partial charge in [0, 0.05) is 0 Å². The summed E-state index contributed by atoms with van der Waals surface area (Å²) in [4.78, 5) is 0. The number of benzene rings is 1. The highest BCUT2D eigenvalue weighted by Gasteiger charge is 2.13. The van der Waals surface area contributed by atoms with Gasteiger partial charge < -0.3 is 10.1 Å². The van der Waals surface area contributed by atoms with E-state index in [4.69, 9.17) is 15.8 Å². The van der Waals surface area contributed by atoms with Crippen LogP contribution >= 0.6 is 0 Å². The number of anilines is 1. The lowest BCUT2D eigenvalue weighted by Gasteiger charge is -2.12. The molecule has 0 saturated heterocycles. The molecule has 0 amide bonds. The van der Waals surface area contributed by atoms with Crippen molar-refractivity contribution >= 4 is 5.69 Å². The zero-order valence-electron chi connectivity index (χ0n) is 10.3. The van der Waals surface area contributed by atoms with Crippen LogP contribution in [0.3, 0.4) is 0 Å². The third kappa shape index (κ3) is 3.69. The summed E-state index contributed by atoms with van der Waals surface area (Å²) < 4.78 is 28.9. The molecule has 0 aliphatic rings. The molecule has 5 nitrogen and oxygen atoms in total. The molecule has 0 radical (unpaired) electrons. The van der Waals surface area contributed by atoms with Crippen molar-refractivity contribution in [3.8, 4) is 24.0 Å². The molecule has 20 heavy (non-hydrogen) atoms. The van der Waals surface area contributed by atoms with Crippen LogP contribution in [0, 0.1) is 40.9 Å². The van der Waals surface area contributed by atoms with Gasteiger partial charge >= 0.3 is 6.61 Å². The van der Waals surface area contributed by atoms with Crippen LogP contribution in [0.2, 0.25) is 0 Å². The molecule has 1 aromatic rings. The maximum atomic E-state index is 12.3. The van der Waals surface area contributed by atoms with E-state index in [9.17, 15) is 8.78 Å². The normalized spacial score (nSPS) is 9.05. The number of aryl methyl sites for hydroxylation is 1. The molecule has 0 aromatic heterocycles. The second kappa shape index (κ2) is 6.72. The molecule has 0 aliphatic carbocycles. The summed E-state index contributed by atoms with van der Waals surface area (Å²) in [6.45, 7) is -1.35. The molecular formula is C13H8F2N4O. The molecule has 0 heterocycles. The van der Waals surface area contributed by atoms with Crippen LogP contribution < -0.4 is 10.1 Å². The Kier molecular flexibility index (Phi) is 5.03. The number of hydrogen-bond acceptors (Lipinski definition) is 5. The smallest absolute Gasteiger partial charge is 0.387 e. The van der Waals surface area contributed by atoms with Crippen molar-refractivity contribution in [2.24, 2.45) is 0 Å². The number of hydrogen-bond donors (Lipinski definition) is 1. The Bertz CT molecular complexity index is 646. The summed E-state index contributed by atoms with van der Waals surface area (Å²) in [5.41, 5.74) is -0.0426. The maximum absolute atomic E-state index is 12.3. The highest BCUT2D eigenvalue weighted by Crippen LogP contribution is 2.28. The number of nitrogens with zero attached hydrogens (tertiary/aromatic N) is 3. The topological polar surface area (TPSA) is 92.6 Å². The highest BCUT2D eigenvalue weighted by molar-refractivity contribution is 5.65. The number of ether oxygens (including phenoxy) is 1. The molecule has 0 fully saturated rings. The summed E-state index contributed by atoms with van der Waals surface area (Å²) in [5.74, 6) is -0.178. The average Bonchev–Trinajstić information content (AvgIpc) is 2.40. The Balaban J connectivity index is 3.22. The molecule has 0 saturated carbocycles.